The molecule has 34 heavy (non-hydrogen) atoms. The molecule has 170 valence electrons. The summed E-state index contributed by atoms with van der Waals surface area (Å²) in [4.78, 5) is 41.8. The first-order valence-electron chi connectivity index (χ1n) is 10.4. The van der Waals surface area contributed by atoms with Crippen LogP contribution in [0.2, 0.25) is 0 Å². The number of fused-ring (bicyclic) bond motifs is 3. The van der Waals surface area contributed by atoms with Crippen molar-refractivity contribution in [3.05, 3.63) is 94.8 Å². The van der Waals surface area contributed by atoms with E-state index in [9.17, 15) is 14.4 Å². The van der Waals surface area contributed by atoms with Crippen LogP contribution >= 0.6 is 0 Å². The highest BCUT2D eigenvalue weighted by Gasteiger charge is 2.42. The summed E-state index contributed by atoms with van der Waals surface area (Å²) in [5, 5.41) is 2.65. The van der Waals surface area contributed by atoms with Gasteiger partial charge in [0.15, 0.2) is 5.78 Å². The first kappa shape index (κ1) is 21.2. The maximum absolute atomic E-state index is 13.4. The number of pyridine rings is 1. The molecular weight excluding hydrogens is 436 g/mol. The average molecular weight is 456 g/mol. The molecule has 1 atom stereocenters. The van der Waals surface area contributed by atoms with Crippen LogP contribution in [0.15, 0.2) is 72.6 Å². The molecule has 2 aliphatic rings. The molecule has 3 amide bonds. The smallest absolute Gasteiger partial charge is 0.337 e. The fraction of sp³-hybridized carbons (Fsp3) is 0.0833. The zero-order valence-electron chi connectivity index (χ0n) is 18.0. The zero-order chi connectivity index (χ0) is 23.7. The van der Waals surface area contributed by atoms with Crippen LogP contribution in [0.3, 0.4) is 0 Å². The van der Waals surface area contributed by atoms with Crippen LogP contribution in [-0.2, 0) is 0 Å². The van der Waals surface area contributed by atoms with Crippen LogP contribution in [0.5, 0.6) is 5.75 Å². The summed E-state index contributed by atoms with van der Waals surface area (Å²) in [5.41, 5.74) is 14.7. The Bertz CT molecular complexity index is 1320. The van der Waals surface area contributed by atoms with Gasteiger partial charge in [-0.1, -0.05) is 12.1 Å². The van der Waals surface area contributed by atoms with E-state index in [1.54, 1.807) is 37.6 Å². The number of urea groups is 1. The number of hydrogen-bond donors (Lipinski definition) is 5. The van der Waals surface area contributed by atoms with E-state index in [4.69, 9.17) is 4.74 Å². The van der Waals surface area contributed by atoms with E-state index in [0.29, 0.717) is 33.8 Å². The van der Waals surface area contributed by atoms with Gasteiger partial charge in [-0.25, -0.2) is 15.6 Å². The molecule has 0 saturated carbocycles. The van der Waals surface area contributed by atoms with E-state index >= 15 is 0 Å². The van der Waals surface area contributed by atoms with Crippen molar-refractivity contribution in [3.63, 3.8) is 0 Å². The Morgan fingerprint density at radius 1 is 1.03 bits per heavy atom. The van der Waals surface area contributed by atoms with Crippen LogP contribution in [0.1, 0.15) is 37.9 Å². The van der Waals surface area contributed by atoms with Gasteiger partial charge in [0.2, 0.25) is 0 Å². The number of ketones is 1. The molecule has 0 fully saturated rings. The van der Waals surface area contributed by atoms with Crippen molar-refractivity contribution in [1.29, 1.82) is 0 Å². The minimum absolute atomic E-state index is 0.196. The highest BCUT2D eigenvalue weighted by Crippen LogP contribution is 2.44. The van der Waals surface area contributed by atoms with Gasteiger partial charge >= 0.3 is 6.03 Å². The van der Waals surface area contributed by atoms with E-state index < -0.39 is 11.9 Å². The number of ether oxygens (including phenoxy) is 1. The van der Waals surface area contributed by atoms with Crippen molar-refractivity contribution in [2.24, 2.45) is 0 Å². The van der Waals surface area contributed by atoms with Crippen LogP contribution in [-0.4, -0.2) is 29.8 Å². The molecule has 1 aliphatic heterocycles. The van der Waals surface area contributed by atoms with Crippen LogP contribution in [0.4, 0.5) is 10.5 Å². The molecule has 0 spiro atoms. The van der Waals surface area contributed by atoms with Crippen molar-refractivity contribution in [1.82, 2.24) is 26.7 Å². The fourth-order valence-corrected chi connectivity index (χ4v) is 4.03. The monoisotopic (exact) mass is 456 g/mol. The normalized spacial score (nSPS) is 15.8. The maximum Gasteiger partial charge on any atom is 0.337 e. The highest BCUT2D eigenvalue weighted by molar-refractivity contribution is 6.22. The summed E-state index contributed by atoms with van der Waals surface area (Å²) in [7, 11) is 1.59. The third-order valence-corrected chi connectivity index (χ3v) is 5.62. The number of anilines is 1. The van der Waals surface area contributed by atoms with Gasteiger partial charge in [-0.3, -0.25) is 20.0 Å². The summed E-state index contributed by atoms with van der Waals surface area (Å²) in [6.45, 7) is 0. The molecule has 2 aromatic carbocycles. The van der Waals surface area contributed by atoms with Crippen molar-refractivity contribution < 1.29 is 19.1 Å². The number of nitrogens with one attached hydrogen (secondary N) is 5. The van der Waals surface area contributed by atoms with Crippen molar-refractivity contribution >= 4 is 29.1 Å². The van der Waals surface area contributed by atoms with E-state index in [1.165, 1.54) is 6.20 Å². The maximum atomic E-state index is 13.4. The SMILES string of the molecule is COc1ccc(C2=C3C(=O)c4c(NC(=O)NNC(=O)c5cccnc5)cccc4C3NN2)cc1. The van der Waals surface area contributed by atoms with Crippen molar-refractivity contribution in [2.45, 2.75) is 6.04 Å². The van der Waals surface area contributed by atoms with Gasteiger partial charge in [0, 0.05) is 18.0 Å². The Balaban J connectivity index is 1.35. The second-order valence-corrected chi connectivity index (χ2v) is 7.59. The van der Waals surface area contributed by atoms with Gasteiger partial charge in [0.05, 0.1) is 35.7 Å². The number of hydrogen-bond acceptors (Lipinski definition) is 7. The fourth-order valence-electron chi connectivity index (χ4n) is 4.03. The Morgan fingerprint density at radius 2 is 1.85 bits per heavy atom. The molecule has 10 heteroatoms. The second kappa shape index (κ2) is 8.68. The minimum atomic E-state index is -0.689. The van der Waals surface area contributed by atoms with Gasteiger partial charge < -0.3 is 15.5 Å². The number of nitrogens with zero attached hydrogens (tertiary/aromatic N) is 1. The lowest BCUT2D eigenvalue weighted by atomic mass is 10.0. The summed E-state index contributed by atoms with van der Waals surface area (Å²) >= 11 is 0. The Kier molecular flexibility index (Phi) is 5.40. The number of hydrazine groups is 2. The van der Waals surface area contributed by atoms with Gasteiger partial charge in [0.25, 0.3) is 5.91 Å². The number of aromatic nitrogens is 1. The molecule has 0 bridgehead atoms. The molecule has 0 saturated heterocycles. The lowest BCUT2D eigenvalue weighted by molar-refractivity contribution is 0.0937. The van der Waals surface area contributed by atoms with E-state index in [-0.39, 0.29) is 11.8 Å². The Morgan fingerprint density at radius 3 is 2.59 bits per heavy atom. The number of rotatable bonds is 4. The lowest BCUT2D eigenvalue weighted by Gasteiger charge is -2.13. The van der Waals surface area contributed by atoms with Crippen LogP contribution < -0.4 is 31.8 Å². The molecule has 5 N–H and O–H groups in total. The lowest BCUT2D eigenvalue weighted by Crippen LogP contribution is -2.44. The second-order valence-electron chi connectivity index (χ2n) is 7.59. The van der Waals surface area contributed by atoms with Crippen LogP contribution in [0.25, 0.3) is 5.70 Å². The number of benzene rings is 2. The van der Waals surface area contributed by atoms with Gasteiger partial charge in [-0.05, 0) is 53.6 Å². The summed E-state index contributed by atoms with van der Waals surface area (Å²) in [5.74, 6) is 0.00123. The number of Topliss-reactive ketones (excluding diaryl/α,β-unsaturated/α-hetero) is 1. The largest absolute Gasteiger partial charge is 0.497 e. The van der Waals surface area contributed by atoms with Gasteiger partial charge in [-0.15, -0.1) is 0 Å². The third kappa shape index (κ3) is 3.71. The number of methoxy groups -OCH3 is 1. The van der Waals surface area contributed by atoms with E-state index in [2.05, 4.69) is 32.0 Å². The van der Waals surface area contributed by atoms with Gasteiger partial charge in [-0.2, -0.15) is 0 Å². The van der Waals surface area contributed by atoms with Gasteiger partial charge in [0.1, 0.15) is 5.75 Å². The Labute approximate surface area is 194 Å². The zero-order valence-corrected chi connectivity index (χ0v) is 18.0. The third-order valence-electron chi connectivity index (χ3n) is 5.62. The molecule has 0 radical (unpaired) electrons. The molecule has 10 nitrogen and oxygen atoms in total. The first-order valence-corrected chi connectivity index (χ1v) is 10.4. The summed E-state index contributed by atoms with van der Waals surface area (Å²) < 4.78 is 5.21. The topological polar surface area (TPSA) is 133 Å². The molecular formula is C24H20N6O4. The summed E-state index contributed by atoms with van der Waals surface area (Å²) in [6, 6.07) is 14.8. The van der Waals surface area contributed by atoms with E-state index in [0.717, 1.165) is 11.1 Å². The number of carbonyl (C=O) groups is 3. The van der Waals surface area contributed by atoms with E-state index in [1.807, 2.05) is 30.3 Å². The molecule has 1 aliphatic carbocycles. The van der Waals surface area contributed by atoms with Crippen molar-refractivity contribution in [3.8, 4) is 5.75 Å². The molecule has 5 rings (SSSR count). The number of amides is 3. The van der Waals surface area contributed by atoms with Crippen LogP contribution in [0, 0.1) is 0 Å². The predicted molar refractivity (Wildman–Crippen MR) is 124 cm³/mol. The average Bonchev–Trinajstić information content (AvgIpc) is 3.43. The quantitative estimate of drug-likeness (QED) is 0.381. The molecule has 1 aromatic heterocycles. The first-order chi connectivity index (χ1) is 16.6. The standard InChI is InChI=1S/C24H20N6O4/c1-34-15-9-7-13(8-10-15)20-19-21(28-27-20)16-5-2-6-17(18(16)22(19)31)26-24(33)30-29-23(32)14-4-3-11-25-12-14/h2-12,21,27-28H,1H3,(H,29,32)(H2,26,30,33). The number of carbonyl (C=O) groups excluding carboxylic acids is 3. The molecule has 3 aromatic rings. The van der Waals surface area contributed by atoms with Crippen molar-refractivity contribution in [2.75, 3.05) is 12.4 Å². The molecule has 1 unspecified atom stereocenters. The Hall–Kier alpha value is -4.70. The highest BCUT2D eigenvalue weighted by atomic mass is 16.5. The molecule has 2 heterocycles. The minimum Gasteiger partial charge on any atom is -0.497 e. The predicted octanol–water partition coefficient (Wildman–Crippen LogP) is 2.31. The summed E-state index contributed by atoms with van der Waals surface area (Å²) in [6.07, 6.45) is 2.92.